The predicted molar refractivity (Wildman–Crippen MR) is 75.5 cm³/mol. The lowest BCUT2D eigenvalue weighted by Gasteiger charge is -2.19. The van der Waals surface area contributed by atoms with Crippen molar-refractivity contribution in [3.63, 3.8) is 0 Å². The number of aliphatic hydroxyl groups excluding tert-OH is 1. The number of amides is 1. The molecule has 2 atom stereocenters. The predicted octanol–water partition coefficient (Wildman–Crippen LogP) is 1.89. The number of carboxylic acids is 1. The first kappa shape index (κ1) is 16.2. The van der Waals surface area contributed by atoms with Crippen LogP contribution in [-0.4, -0.2) is 28.2 Å². The summed E-state index contributed by atoms with van der Waals surface area (Å²) in [6.45, 7) is 7.03. The molecule has 0 spiro atoms. The summed E-state index contributed by atoms with van der Waals surface area (Å²) in [5.41, 5.74) is 1.69. The van der Waals surface area contributed by atoms with Gasteiger partial charge in [-0.15, -0.1) is 0 Å². The minimum atomic E-state index is -1.04. The monoisotopic (exact) mass is 279 g/mol. The van der Waals surface area contributed by atoms with E-state index < -0.39 is 18.0 Å². The minimum absolute atomic E-state index is 0.154. The largest absolute Gasteiger partial charge is 0.478 e. The molecule has 0 fully saturated rings. The molecular formula is C15H21NO4. The maximum absolute atomic E-state index is 11.8. The van der Waals surface area contributed by atoms with E-state index in [1.165, 1.54) is 6.07 Å². The zero-order valence-corrected chi connectivity index (χ0v) is 12.2. The molecule has 0 aliphatic rings. The molecule has 5 nitrogen and oxygen atoms in total. The number of carbonyl (C=O) groups excluding carboxylic acids is 1. The first-order chi connectivity index (χ1) is 9.23. The van der Waals surface area contributed by atoms with Gasteiger partial charge in [-0.2, -0.15) is 0 Å². The Kier molecular flexibility index (Phi) is 5.27. The highest BCUT2D eigenvalue weighted by molar-refractivity contribution is 5.89. The fraction of sp³-hybridized carbons (Fsp3) is 0.467. The summed E-state index contributed by atoms with van der Waals surface area (Å²) in [6.07, 6.45) is -1.04. The number of hydrogen-bond donors (Lipinski definition) is 3. The van der Waals surface area contributed by atoms with Gasteiger partial charge >= 0.3 is 5.97 Å². The van der Waals surface area contributed by atoms with Crippen molar-refractivity contribution in [3.05, 3.63) is 34.9 Å². The minimum Gasteiger partial charge on any atom is -0.478 e. The average molecular weight is 279 g/mol. The summed E-state index contributed by atoms with van der Waals surface area (Å²) in [4.78, 5) is 22.7. The Labute approximate surface area is 118 Å². The first-order valence-corrected chi connectivity index (χ1v) is 6.56. The van der Waals surface area contributed by atoms with Gasteiger partial charge in [0.25, 0.3) is 0 Å². The van der Waals surface area contributed by atoms with Crippen molar-refractivity contribution in [2.75, 3.05) is 0 Å². The molecule has 0 saturated carbocycles. The van der Waals surface area contributed by atoms with Gasteiger partial charge in [-0.1, -0.05) is 26.0 Å². The molecule has 0 aliphatic carbocycles. The number of nitrogens with one attached hydrogen (secondary N) is 1. The van der Waals surface area contributed by atoms with Crippen molar-refractivity contribution < 1.29 is 19.8 Å². The summed E-state index contributed by atoms with van der Waals surface area (Å²) in [5.74, 6) is -1.55. The van der Waals surface area contributed by atoms with E-state index in [0.717, 1.165) is 5.56 Å². The summed E-state index contributed by atoms with van der Waals surface area (Å²) in [6, 6.07) is 4.63. The number of aliphatic hydroxyl groups is 1. The quantitative estimate of drug-likeness (QED) is 0.768. The van der Waals surface area contributed by atoms with E-state index in [4.69, 9.17) is 5.11 Å². The van der Waals surface area contributed by atoms with Gasteiger partial charge in [0, 0.05) is 0 Å². The fourth-order valence-electron chi connectivity index (χ4n) is 1.88. The Balaban J connectivity index is 2.83. The topological polar surface area (TPSA) is 86.6 Å². The van der Waals surface area contributed by atoms with Gasteiger partial charge in [0.15, 0.2) is 0 Å². The third-order valence-electron chi connectivity index (χ3n) is 3.24. The standard InChI is InChI=1S/C15H21NO4/c1-8(2)13(17)14(18)16-10(4)11-5-6-12(15(19)20)9(3)7-11/h5-8,10,13,17H,1-4H3,(H,16,18)(H,19,20)/t10-,13?/m0/s1. The van der Waals surface area contributed by atoms with Gasteiger partial charge in [-0.05, 0) is 37.0 Å². The molecule has 1 aromatic rings. The molecule has 0 radical (unpaired) electrons. The van der Waals surface area contributed by atoms with E-state index in [-0.39, 0.29) is 17.5 Å². The van der Waals surface area contributed by atoms with Gasteiger partial charge in [0.05, 0.1) is 11.6 Å². The molecular weight excluding hydrogens is 258 g/mol. The fourth-order valence-corrected chi connectivity index (χ4v) is 1.88. The van der Waals surface area contributed by atoms with Crippen molar-refractivity contribution in [2.45, 2.75) is 39.8 Å². The van der Waals surface area contributed by atoms with E-state index in [1.807, 2.05) is 0 Å². The Hall–Kier alpha value is -1.88. The van der Waals surface area contributed by atoms with Crippen LogP contribution < -0.4 is 5.32 Å². The van der Waals surface area contributed by atoms with Gasteiger partial charge in [0.2, 0.25) is 5.91 Å². The van der Waals surface area contributed by atoms with Crippen molar-refractivity contribution in [2.24, 2.45) is 5.92 Å². The molecule has 1 unspecified atom stereocenters. The second-order valence-electron chi connectivity index (χ2n) is 5.30. The molecule has 1 amide bonds. The number of rotatable bonds is 5. The number of aryl methyl sites for hydroxylation is 1. The van der Waals surface area contributed by atoms with E-state index >= 15 is 0 Å². The first-order valence-electron chi connectivity index (χ1n) is 6.56. The maximum atomic E-state index is 11.8. The second kappa shape index (κ2) is 6.52. The number of hydrogen-bond acceptors (Lipinski definition) is 3. The molecule has 1 aromatic carbocycles. The van der Waals surface area contributed by atoms with Crippen molar-refractivity contribution >= 4 is 11.9 Å². The molecule has 110 valence electrons. The van der Waals surface area contributed by atoms with Crippen molar-refractivity contribution in [3.8, 4) is 0 Å². The molecule has 0 aromatic heterocycles. The van der Waals surface area contributed by atoms with Crippen LogP contribution in [0.5, 0.6) is 0 Å². The molecule has 0 bridgehead atoms. The van der Waals surface area contributed by atoms with Gasteiger partial charge in [-0.25, -0.2) is 4.79 Å². The number of carbonyl (C=O) groups is 2. The third-order valence-corrected chi connectivity index (χ3v) is 3.24. The van der Waals surface area contributed by atoms with Crippen LogP contribution in [0.4, 0.5) is 0 Å². The van der Waals surface area contributed by atoms with Gasteiger partial charge in [-0.3, -0.25) is 4.79 Å². The van der Waals surface area contributed by atoms with Crippen LogP contribution in [0, 0.1) is 12.8 Å². The summed E-state index contributed by atoms with van der Waals surface area (Å²) >= 11 is 0. The van der Waals surface area contributed by atoms with Crippen LogP contribution >= 0.6 is 0 Å². The van der Waals surface area contributed by atoms with Gasteiger partial charge in [0.1, 0.15) is 6.10 Å². The molecule has 1 rings (SSSR count). The molecule has 0 heterocycles. The SMILES string of the molecule is Cc1cc([C@H](C)NC(=O)C(O)C(C)C)ccc1C(=O)O. The van der Waals surface area contributed by atoms with E-state index in [9.17, 15) is 14.7 Å². The Bertz CT molecular complexity index is 511. The van der Waals surface area contributed by atoms with Gasteiger partial charge < -0.3 is 15.5 Å². The lowest BCUT2D eigenvalue weighted by molar-refractivity contribution is -0.132. The van der Waals surface area contributed by atoms with Crippen LogP contribution in [0.15, 0.2) is 18.2 Å². The molecule has 0 saturated heterocycles. The summed E-state index contributed by atoms with van der Waals surface area (Å²) in [7, 11) is 0. The Morgan fingerprint density at radius 1 is 1.20 bits per heavy atom. The third kappa shape index (κ3) is 3.81. The van der Waals surface area contributed by atoms with Crippen molar-refractivity contribution in [1.29, 1.82) is 0 Å². The number of aromatic carboxylic acids is 1. The zero-order chi connectivity index (χ0) is 15.4. The van der Waals surface area contributed by atoms with Crippen LogP contribution in [0.1, 0.15) is 48.3 Å². The molecule has 5 heteroatoms. The normalized spacial score (nSPS) is 13.9. The average Bonchev–Trinajstić information content (AvgIpc) is 2.36. The van der Waals surface area contributed by atoms with Crippen LogP contribution in [-0.2, 0) is 4.79 Å². The van der Waals surface area contributed by atoms with E-state index in [1.54, 1.807) is 39.8 Å². The molecule has 0 aliphatic heterocycles. The molecule has 3 N–H and O–H groups in total. The van der Waals surface area contributed by atoms with E-state index in [2.05, 4.69) is 5.32 Å². The maximum Gasteiger partial charge on any atom is 0.335 e. The molecule has 20 heavy (non-hydrogen) atoms. The van der Waals surface area contributed by atoms with E-state index in [0.29, 0.717) is 5.56 Å². The number of carboxylic acid groups (broad SMARTS) is 1. The highest BCUT2D eigenvalue weighted by Gasteiger charge is 2.21. The zero-order valence-electron chi connectivity index (χ0n) is 12.2. The Morgan fingerprint density at radius 3 is 2.25 bits per heavy atom. The lowest BCUT2D eigenvalue weighted by atomic mass is 10.0. The van der Waals surface area contributed by atoms with Crippen LogP contribution in [0.2, 0.25) is 0 Å². The number of benzene rings is 1. The Morgan fingerprint density at radius 2 is 1.80 bits per heavy atom. The summed E-state index contributed by atoms with van der Waals surface area (Å²) < 4.78 is 0. The summed E-state index contributed by atoms with van der Waals surface area (Å²) in [5, 5.41) is 21.4. The highest BCUT2D eigenvalue weighted by Crippen LogP contribution is 2.18. The van der Waals surface area contributed by atoms with Crippen molar-refractivity contribution in [1.82, 2.24) is 5.32 Å². The van der Waals surface area contributed by atoms with Crippen LogP contribution in [0.25, 0.3) is 0 Å². The second-order valence-corrected chi connectivity index (χ2v) is 5.30. The van der Waals surface area contributed by atoms with Crippen LogP contribution in [0.3, 0.4) is 0 Å². The lowest BCUT2D eigenvalue weighted by Crippen LogP contribution is -2.39. The smallest absolute Gasteiger partial charge is 0.335 e. The highest BCUT2D eigenvalue weighted by atomic mass is 16.4.